The number of carbonyl (C=O) groups excluding carboxylic acids is 3. The van der Waals surface area contributed by atoms with E-state index in [1.165, 1.54) is 0 Å². The van der Waals surface area contributed by atoms with Gasteiger partial charge in [0.2, 0.25) is 5.91 Å². The normalized spacial score (nSPS) is 10.3. The minimum atomic E-state index is -0.401. The van der Waals surface area contributed by atoms with Gasteiger partial charge in [-0.3, -0.25) is 14.4 Å². The van der Waals surface area contributed by atoms with Crippen LogP contribution < -0.4 is 10.6 Å². The first-order valence-corrected chi connectivity index (χ1v) is 9.95. The summed E-state index contributed by atoms with van der Waals surface area (Å²) in [6.07, 6.45) is 1.44. The molecule has 0 bridgehead atoms. The molecular weight excluding hydrogens is 384 g/mol. The molecule has 0 aromatic heterocycles. The highest BCUT2D eigenvalue weighted by atomic mass is 16.5. The van der Waals surface area contributed by atoms with Crippen LogP contribution in [0.3, 0.4) is 0 Å². The van der Waals surface area contributed by atoms with Crippen LogP contribution in [0.1, 0.15) is 35.2 Å². The molecule has 0 spiro atoms. The van der Waals surface area contributed by atoms with E-state index in [-0.39, 0.29) is 24.7 Å². The number of benzene rings is 2. The van der Waals surface area contributed by atoms with Gasteiger partial charge in [0.05, 0.1) is 13.0 Å². The van der Waals surface area contributed by atoms with Crippen molar-refractivity contribution in [3.63, 3.8) is 0 Å². The Morgan fingerprint density at radius 2 is 1.63 bits per heavy atom. The minimum Gasteiger partial charge on any atom is -0.465 e. The Kier molecular flexibility index (Phi) is 10.1. The molecule has 30 heavy (non-hydrogen) atoms. The number of ether oxygens (including phenoxy) is 2. The second-order valence-electron chi connectivity index (χ2n) is 6.68. The lowest BCUT2D eigenvalue weighted by Crippen LogP contribution is -2.25. The number of rotatable bonds is 12. The second-order valence-corrected chi connectivity index (χ2v) is 6.68. The van der Waals surface area contributed by atoms with Crippen molar-refractivity contribution in [2.24, 2.45) is 0 Å². The molecule has 0 aliphatic rings. The van der Waals surface area contributed by atoms with Gasteiger partial charge in [-0.2, -0.15) is 0 Å². The van der Waals surface area contributed by atoms with E-state index in [9.17, 15) is 14.4 Å². The maximum atomic E-state index is 12.0. The predicted octanol–water partition coefficient (Wildman–Crippen LogP) is 2.96. The molecule has 0 fully saturated rings. The van der Waals surface area contributed by atoms with Crippen molar-refractivity contribution in [2.45, 2.75) is 25.7 Å². The van der Waals surface area contributed by atoms with Crippen molar-refractivity contribution in [1.29, 1.82) is 0 Å². The molecule has 0 saturated carbocycles. The molecule has 0 saturated heterocycles. The third kappa shape index (κ3) is 8.87. The van der Waals surface area contributed by atoms with Crippen LogP contribution in [0.15, 0.2) is 54.6 Å². The number of anilines is 1. The van der Waals surface area contributed by atoms with Crippen LogP contribution in [-0.4, -0.2) is 44.7 Å². The first-order chi connectivity index (χ1) is 14.6. The number of esters is 1. The largest absolute Gasteiger partial charge is 0.465 e. The monoisotopic (exact) mass is 412 g/mol. The average Bonchev–Trinajstić information content (AvgIpc) is 2.76. The van der Waals surface area contributed by atoms with Crippen molar-refractivity contribution in [2.75, 3.05) is 32.2 Å². The number of methoxy groups -OCH3 is 1. The molecule has 2 rings (SSSR count). The highest BCUT2D eigenvalue weighted by molar-refractivity contribution is 5.96. The summed E-state index contributed by atoms with van der Waals surface area (Å²) < 4.78 is 10.1. The van der Waals surface area contributed by atoms with Crippen molar-refractivity contribution in [3.8, 4) is 0 Å². The molecule has 0 aliphatic carbocycles. The Morgan fingerprint density at radius 1 is 0.900 bits per heavy atom. The molecule has 7 heteroatoms. The number of hydrogen-bond acceptors (Lipinski definition) is 5. The summed E-state index contributed by atoms with van der Waals surface area (Å²) in [6, 6.07) is 16.3. The number of carbonyl (C=O) groups is 3. The summed E-state index contributed by atoms with van der Waals surface area (Å²) in [6.45, 7) is 1.41. The Hall–Kier alpha value is -3.19. The van der Waals surface area contributed by atoms with E-state index in [0.29, 0.717) is 37.4 Å². The van der Waals surface area contributed by atoms with Crippen LogP contribution in [0, 0.1) is 0 Å². The predicted molar refractivity (Wildman–Crippen MR) is 114 cm³/mol. The van der Waals surface area contributed by atoms with Crippen LogP contribution in [0.4, 0.5) is 5.69 Å². The Labute approximate surface area is 176 Å². The highest BCUT2D eigenvalue weighted by Gasteiger charge is 2.10. The van der Waals surface area contributed by atoms with Crippen molar-refractivity contribution in [1.82, 2.24) is 5.32 Å². The Balaban J connectivity index is 1.65. The van der Waals surface area contributed by atoms with E-state index in [4.69, 9.17) is 9.47 Å². The van der Waals surface area contributed by atoms with Crippen molar-refractivity contribution in [3.05, 3.63) is 65.7 Å². The zero-order valence-electron chi connectivity index (χ0n) is 17.2. The Morgan fingerprint density at radius 3 is 2.33 bits per heavy atom. The quantitative estimate of drug-likeness (QED) is 0.413. The van der Waals surface area contributed by atoms with Gasteiger partial charge in [0, 0.05) is 44.4 Å². The van der Waals surface area contributed by atoms with Crippen LogP contribution in [0.2, 0.25) is 0 Å². The molecule has 0 heterocycles. The standard InChI is InChI=1S/C23H28N2O5/c1-29-16-5-15-24-23(28)19-8-10-20(11-9-19)25-21(26)12-13-22(27)30-17-14-18-6-3-2-4-7-18/h2-4,6-11H,5,12-17H2,1H3,(H,24,28)(H,25,26). The number of hydrogen-bond donors (Lipinski definition) is 2. The average molecular weight is 412 g/mol. The van der Waals surface area contributed by atoms with E-state index in [2.05, 4.69) is 10.6 Å². The van der Waals surface area contributed by atoms with Gasteiger partial charge in [0.25, 0.3) is 5.91 Å². The van der Waals surface area contributed by atoms with Gasteiger partial charge in [-0.25, -0.2) is 0 Å². The first-order valence-electron chi connectivity index (χ1n) is 9.95. The van der Waals surface area contributed by atoms with Crippen LogP contribution in [0.25, 0.3) is 0 Å². The van der Waals surface area contributed by atoms with Gasteiger partial charge in [-0.15, -0.1) is 0 Å². The third-order valence-corrected chi connectivity index (χ3v) is 4.29. The van der Waals surface area contributed by atoms with E-state index < -0.39 is 5.97 Å². The van der Waals surface area contributed by atoms with Crippen LogP contribution in [-0.2, 0) is 25.5 Å². The summed E-state index contributed by atoms with van der Waals surface area (Å²) in [5.41, 5.74) is 2.16. The molecule has 160 valence electrons. The van der Waals surface area contributed by atoms with Crippen LogP contribution >= 0.6 is 0 Å². The van der Waals surface area contributed by atoms with E-state index in [0.717, 1.165) is 12.0 Å². The lowest BCUT2D eigenvalue weighted by Gasteiger charge is -2.08. The van der Waals surface area contributed by atoms with Gasteiger partial charge >= 0.3 is 5.97 Å². The van der Waals surface area contributed by atoms with Gasteiger partial charge in [-0.05, 0) is 36.2 Å². The molecule has 7 nitrogen and oxygen atoms in total. The van der Waals surface area contributed by atoms with Gasteiger partial charge in [0.1, 0.15) is 0 Å². The summed E-state index contributed by atoms with van der Waals surface area (Å²) in [4.78, 5) is 35.8. The fraction of sp³-hybridized carbons (Fsp3) is 0.348. The molecule has 2 aromatic carbocycles. The maximum absolute atomic E-state index is 12.0. The van der Waals surface area contributed by atoms with Gasteiger partial charge in [-0.1, -0.05) is 30.3 Å². The lowest BCUT2D eigenvalue weighted by molar-refractivity contribution is -0.144. The zero-order valence-corrected chi connectivity index (χ0v) is 17.2. The van der Waals surface area contributed by atoms with E-state index in [1.54, 1.807) is 31.4 Å². The fourth-order valence-corrected chi connectivity index (χ4v) is 2.66. The Bertz CT molecular complexity index is 806. The smallest absolute Gasteiger partial charge is 0.306 e. The molecular formula is C23H28N2O5. The SMILES string of the molecule is COCCCNC(=O)c1ccc(NC(=O)CCC(=O)OCCc2ccccc2)cc1. The minimum absolute atomic E-state index is 0.0165. The second kappa shape index (κ2) is 13.1. The lowest BCUT2D eigenvalue weighted by atomic mass is 10.2. The highest BCUT2D eigenvalue weighted by Crippen LogP contribution is 2.11. The summed E-state index contributed by atoms with van der Waals surface area (Å²) >= 11 is 0. The van der Waals surface area contributed by atoms with Gasteiger partial charge < -0.3 is 20.1 Å². The third-order valence-electron chi connectivity index (χ3n) is 4.29. The zero-order chi connectivity index (χ0) is 21.6. The topological polar surface area (TPSA) is 93.7 Å². The van der Waals surface area contributed by atoms with Crippen molar-refractivity contribution < 1.29 is 23.9 Å². The van der Waals surface area contributed by atoms with Gasteiger partial charge in [0.15, 0.2) is 0 Å². The summed E-state index contributed by atoms with van der Waals surface area (Å²) in [5, 5.41) is 5.51. The fourth-order valence-electron chi connectivity index (χ4n) is 2.66. The molecule has 2 amide bonds. The van der Waals surface area contributed by atoms with Crippen molar-refractivity contribution >= 4 is 23.5 Å². The van der Waals surface area contributed by atoms with Crippen LogP contribution in [0.5, 0.6) is 0 Å². The molecule has 0 unspecified atom stereocenters. The number of amides is 2. The molecule has 0 atom stereocenters. The summed E-state index contributed by atoms with van der Waals surface area (Å²) in [5.74, 6) is -0.865. The maximum Gasteiger partial charge on any atom is 0.306 e. The summed E-state index contributed by atoms with van der Waals surface area (Å²) in [7, 11) is 1.61. The first kappa shape index (κ1) is 23.1. The molecule has 2 aromatic rings. The van der Waals surface area contributed by atoms with E-state index in [1.807, 2.05) is 30.3 Å². The molecule has 2 N–H and O–H groups in total. The number of nitrogens with one attached hydrogen (secondary N) is 2. The molecule has 0 radical (unpaired) electrons. The van der Waals surface area contributed by atoms with E-state index >= 15 is 0 Å². The molecule has 0 aliphatic heterocycles.